The molecule has 1 saturated carbocycles. The van der Waals surface area contributed by atoms with Crippen LogP contribution in [0.4, 0.5) is 0 Å². The normalized spacial score (nSPS) is 16.2. The van der Waals surface area contributed by atoms with Crippen molar-refractivity contribution in [1.29, 1.82) is 0 Å². The van der Waals surface area contributed by atoms with E-state index in [2.05, 4.69) is 11.9 Å². The summed E-state index contributed by atoms with van der Waals surface area (Å²) < 4.78 is 5.45. The van der Waals surface area contributed by atoms with E-state index in [1.165, 1.54) is 44.1 Å². The number of methoxy groups -OCH3 is 1. The maximum Gasteiger partial charge on any atom is 0.261 e. The lowest BCUT2D eigenvalue weighted by Crippen LogP contribution is -2.40. The number of ether oxygens (including phenoxy) is 1. The van der Waals surface area contributed by atoms with Gasteiger partial charge in [-0.3, -0.25) is 19.3 Å². The minimum Gasteiger partial charge on any atom is -0.496 e. The lowest BCUT2D eigenvalue weighted by molar-refractivity contribution is 0.0642. The van der Waals surface area contributed by atoms with Crippen LogP contribution in [0.15, 0.2) is 42.5 Å². The van der Waals surface area contributed by atoms with Gasteiger partial charge in [-0.1, -0.05) is 37.5 Å². The molecule has 4 rings (SSSR count). The molecular weight excluding hydrogens is 430 g/mol. The number of carbonyl (C=O) groups excluding carboxylic acids is 3. The lowest BCUT2D eigenvalue weighted by atomic mass is 9.94. The third-order valence-electron chi connectivity index (χ3n) is 7.05. The van der Waals surface area contributed by atoms with Crippen LogP contribution in [0.3, 0.4) is 0 Å². The van der Waals surface area contributed by atoms with Crippen molar-refractivity contribution in [3.63, 3.8) is 0 Å². The van der Waals surface area contributed by atoms with E-state index in [1.54, 1.807) is 54.4 Å². The van der Waals surface area contributed by atoms with E-state index in [-0.39, 0.29) is 24.3 Å². The van der Waals surface area contributed by atoms with E-state index in [4.69, 9.17) is 4.74 Å². The second-order valence-electron chi connectivity index (χ2n) is 9.28. The molecule has 3 amide bonds. The zero-order chi connectivity index (χ0) is 24.2. The molecule has 0 unspecified atom stereocenters. The zero-order valence-electron chi connectivity index (χ0n) is 20.3. The van der Waals surface area contributed by atoms with Crippen LogP contribution in [0.5, 0.6) is 5.75 Å². The smallest absolute Gasteiger partial charge is 0.261 e. The first-order chi connectivity index (χ1) is 16.4. The van der Waals surface area contributed by atoms with Gasteiger partial charge in [-0.25, -0.2) is 0 Å². The Balaban J connectivity index is 1.45. The lowest BCUT2D eigenvalue weighted by Gasteiger charge is -2.32. The summed E-state index contributed by atoms with van der Waals surface area (Å²) in [5.74, 6) is -0.291. The number of hydrogen-bond donors (Lipinski definition) is 0. The van der Waals surface area contributed by atoms with Crippen molar-refractivity contribution < 1.29 is 19.1 Å². The molecule has 0 radical (unpaired) electrons. The summed E-state index contributed by atoms with van der Waals surface area (Å²) in [5, 5.41) is 0. The van der Waals surface area contributed by atoms with Gasteiger partial charge in [-0.05, 0) is 49.7 Å². The molecule has 0 atom stereocenters. The molecule has 2 aromatic rings. The fraction of sp³-hybridized carbons (Fsp3) is 0.444. The number of carbonyl (C=O) groups is 3. The molecule has 1 aliphatic carbocycles. The first-order valence-electron chi connectivity index (χ1n) is 12.0. The Labute approximate surface area is 201 Å². The molecule has 0 spiro atoms. The molecule has 1 fully saturated rings. The number of imide groups is 1. The van der Waals surface area contributed by atoms with Crippen LogP contribution >= 0.6 is 0 Å². The van der Waals surface area contributed by atoms with Gasteiger partial charge in [0.1, 0.15) is 5.75 Å². The highest BCUT2D eigenvalue weighted by Gasteiger charge is 2.35. The third-order valence-corrected chi connectivity index (χ3v) is 7.05. The number of rotatable bonds is 8. The van der Waals surface area contributed by atoms with E-state index in [0.717, 1.165) is 6.54 Å². The van der Waals surface area contributed by atoms with E-state index in [9.17, 15) is 14.4 Å². The molecule has 7 heteroatoms. The van der Waals surface area contributed by atoms with Crippen molar-refractivity contribution in [2.45, 2.75) is 44.7 Å². The summed E-state index contributed by atoms with van der Waals surface area (Å²) in [5.41, 5.74) is 1.96. The maximum atomic E-state index is 13.3. The molecule has 2 aliphatic rings. The van der Waals surface area contributed by atoms with Gasteiger partial charge in [0.15, 0.2) is 0 Å². The average molecular weight is 464 g/mol. The van der Waals surface area contributed by atoms with Gasteiger partial charge in [0.05, 0.1) is 30.3 Å². The molecule has 1 heterocycles. The van der Waals surface area contributed by atoms with Gasteiger partial charge in [0.2, 0.25) is 0 Å². The largest absolute Gasteiger partial charge is 0.496 e. The highest BCUT2D eigenvalue weighted by atomic mass is 16.5. The fourth-order valence-corrected chi connectivity index (χ4v) is 4.91. The van der Waals surface area contributed by atoms with Crippen LogP contribution in [0.25, 0.3) is 0 Å². The molecule has 0 bridgehead atoms. The standard InChI is InChI=1S/C27H33N3O4/c1-28(20-9-5-4-6-10-20)15-16-29(2)25(31)23-17-19(13-14-24(23)34-3)18-30-26(32)21-11-7-8-12-22(21)27(30)33/h7-8,11-14,17,20H,4-6,9-10,15-16,18H2,1-3H3. The van der Waals surface area contributed by atoms with Gasteiger partial charge in [-0.15, -0.1) is 0 Å². The van der Waals surface area contributed by atoms with Gasteiger partial charge < -0.3 is 14.5 Å². The van der Waals surface area contributed by atoms with Crippen molar-refractivity contribution in [1.82, 2.24) is 14.7 Å². The predicted octanol–water partition coefficient (Wildman–Crippen LogP) is 3.83. The van der Waals surface area contributed by atoms with Crippen molar-refractivity contribution in [2.75, 3.05) is 34.3 Å². The number of benzene rings is 2. The summed E-state index contributed by atoms with van der Waals surface area (Å²) >= 11 is 0. The van der Waals surface area contributed by atoms with Crippen molar-refractivity contribution in [2.24, 2.45) is 0 Å². The van der Waals surface area contributed by atoms with Crippen LogP contribution in [0, 0.1) is 0 Å². The van der Waals surface area contributed by atoms with Gasteiger partial charge >= 0.3 is 0 Å². The summed E-state index contributed by atoms with van der Waals surface area (Å²) in [6.45, 7) is 1.52. The summed E-state index contributed by atoms with van der Waals surface area (Å²) in [7, 11) is 5.47. The monoisotopic (exact) mass is 463 g/mol. The number of amides is 3. The minimum absolute atomic E-state index is 0.102. The number of nitrogens with zero attached hydrogens (tertiary/aromatic N) is 3. The highest BCUT2D eigenvalue weighted by Crippen LogP contribution is 2.27. The molecule has 1 aliphatic heterocycles. The quantitative estimate of drug-likeness (QED) is 0.557. The Hall–Kier alpha value is -3.19. The van der Waals surface area contributed by atoms with Crippen LogP contribution in [0.2, 0.25) is 0 Å². The van der Waals surface area contributed by atoms with Gasteiger partial charge in [-0.2, -0.15) is 0 Å². The van der Waals surface area contributed by atoms with Gasteiger partial charge in [0.25, 0.3) is 17.7 Å². The number of fused-ring (bicyclic) bond motifs is 1. The predicted molar refractivity (Wildman–Crippen MR) is 130 cm³/mol. The van der Waals surface area contributed by atoms with Crippen LogP contribution in [-0.2, 0) is 6.54 Å². The van der Waals surface area contributed by atoms with E-state index in [0.29, 0.717) is 40.6 Å². The summed E-state index contributed by atoms with van der Waals surface area (Å²) in [6, 6.07) is 12.7. The Morgan fingerprint density at radius 2 is 1.62 bits per heavy atom. The van der Waals surface area contributed by atoms with Crippen molar-refractivity contribution in [3.8, 4) is 5.75 Å². The van der Waals surface area contributed by atoms with Crippen LogP contribution < -0.4 is 4.74 Å². The molecule has 2 aromatic carbocycles. The first-order valence-corrected chi connectivity index (χ1v) is 12.0. The van der Waals surface area contributed by atoms with E-state index in [1.807, 2.05) is 0 Å². The third kappa shape index (κ3) is 4.85. The van der Waals surface area contributed by atoms with Crippen LogP contribution in [0.1, 0.15) is 68.7 Å². The Morgan fingerprint density at radius 3 is 2.24 bits per heavy atom. The average Bonchev–Trinajstić information content (AvgIpc) is 3.12. The first kappa shape index (κ1) is 24.0. The number of hydrogen-bond acceptors (Lipinski definition) is 5. The summed E-state index contributed by atoms with van der Waals surface area (Å²) in [4.78, 5) is 44.1. The van der Waals surface area contributed by atoms with E-state index < -0.39 is 0 Å². The molecule has 0 N–H and O–H groups in total. The molecular formula is C27H33N3O4. The van der Waals surface area contributed by atoms with Crippen LogP contribution in [-0.4, -0.2) is 72.8 Å². The summed E-state index contributed by atoms with van der Waals surface area (Å²) in [6.07, 6.45) is 6.32. The van der Waals surface area contributed by atoms with Gasteiger partial charge in [0, 0.05) is 26.2 Å². The molecule has 0 aromatic heterocycles. The maximum absolute atomic E-state index is 13.3. The molecule has 7 nitrogen and oxygen atoms in total. The topological polar surface area (TPSA) is 70.2 Å². The minimum atomic E-state index is -0.313. The Kier molecular flexibility index (Phi) is 7.32. The zero-order valence-corrected chi connectivity index (χ0v) is 20.3. The van der Waals surface area contributed by atoms with E-state index >= 15 is 0 Å². The van der Waals surface area contributed by atoms with Crippen molar-refractivity contribution in [3.05, 3.63) is 64.7 Å². The highest BCUT2D eigenvalue weighted by molar-refractivity contribution is 6.21. The second-order valence-corrected chi connectivity index (χ2v) is 9.28. The molecule has 0 saturated heterocycles. The second kappa shape index (κ2) is 10.4. The molecule has 180 valence electrons. The fourth-order valence-electron chi connectivity index (χ4n) is 4.91. The molecule has 34 heavy (non-hydrogen) atoms. The Bertz CT molecular complexity index is 1040. The Morgan fingerprint density at radius 1 is 0.971 bits per heavy atom. The number of likely N-dealkylation sites (N-methyl/N-ethyl adjacent to an activating group) is 2. The SMILES string of the molecule is COc1ccc(CN2C(=O)c3ccccc3C2=O)cc1C(=O)N(C)CCN(C)C1CCCCC1. The van der Waals surface area contributed by atoms with Crippen molar-refractivity contribution >= 4 is 17.7 Å².